The number of fused-ring (bicyclic) bond motifs is 1. The first-order valence-electron chi connectivity index (χ1n) is 10.1. The Morgan fingerprint density at radius 3 is 2.27 bits per heavy atom. The minimum atomic E-state index is -1.18. The van der Waals surface area contributed by atoms with Gasteiger partial charge in [-0.2, -0.15) is 5.10 Å². The highest BCUT2D eigenvalue weighted by atomic mass is 35.5. The fourth-order valence-electron chi connectivity index (χ4n) is 3.76. The maximum absolute atomic E-state index is 12.1. The van der Waals surface area contributed by atoms with Gasteiger partial charge in [0.1, 0.15) is 18.8 Å². The van der Waals surface area contributed by atoms with E-state index in [2.05, 4.69) is 10.4 Å². The number of hydrogen-bond acceptors (Lipinski definition) is 9. The van der Waals surface area contributed by atoms with Crippen molar-refractivity contribution in [2.24, 2.45) is 0 Å². The standard InChI is InChI=1S/C21H24ClN3O8/c1-10(26)23-17-19(32-13(4)29)18(31-12(3)28)16(9-30-11(2)27)33-21(17)25-15-8-6-5-7-14(15)20(22)24-25/h5-8,16-19,21H,9H2,1-4H3,(H,23,26)/t16-,17-,18-,19-,21+/m1/s1. The molecule has 0 radical (unpaired) electrons. The number of amides is 1. The lowest BCUT2D eigenvalue weighted by atomic mass is 9.95. The van der Waals surface area contributed by atoms with Gasteiger partial charge < -0.3 is 24.3 Å². The number of hydrogen-bond donors (Lipinski definition) is 1. The number of benzene rings is 1. The third-order valence-corrected chi connectivity index (χ3v) is 5.18. The fraction of sp³-hybridized carbons (Fsp3) is 0.476. The van der Waals surface area contributed by atoms with Gasteiger partial charge in [0.25, 0.3) is 0 Å². The molecule has 0 aliphatic carbocycles. The molecule has 1 aliphatic heterocycles. The quantitative estimate of drug-likeness (QED) is 0.481. The fourth-order valence-corrected chi connectivity index (χ4v) is 4.00. The predicted molar refractivity (Wildman–Crippen MR) is 114 cm³/mol. The van der Waals surface area contributed by atoms with Crippen molar-refractivity contribution in [3.63, 3.8) is 0 Å². The summed E-state index contributed by atoms with van der Waals surface area (Å²) in [6.07, 6.45) is -4.46. The van der Waals surface area contributed by atoms with Crippen molar-refractivity contribution in [1.29, 1.82) is 0 Å². The van der Waals surface area contributed by atoms with Crippen LogP contribution in [0.3, 0.4) is 0 Å². The molecule has 11 nitrogen and oxygen atoms in total. The highest BCUT2D eigenvalue weighted by molar-refractivity contribution is 6.34. The van der Waals surface area contributed by atoms with Crippen molar-refractivity contribution in [3.8, 4) is 0 Å². The summed E-state index contributed by atoms with van der Waals surface area (Å²) in [5.41, 5.74) is 0.585. The first-order valence-corrected chi connectivity index (χ1v) is 10.5. The average molecular weight is 482 g/mol. The van der Waals surface area contributed by atoms with Crippen LogP contribution in [0.5, 0.6) is 0 Å². The van der Waals surface area contributed by atoms with E-state index in [1.807, 2.05) is 0 Å². The predicted octanol–water partition coefficient (Wildman–Crippen LogP) is 1.52. The maximum atomic E-state index is 12.1. The molecular weight excluding hydrogens is 458 g/mol. The maximum Gasteiger partial charge on any atom is 0.303 e. The molecule has 2 heterocycles. The number of carbonyl (C=O) groups is 4. The van der Waals surface area contributed by atoms with Crippen molar-refractivity contribution in [2.75, 3.05) is 6.61 Å². The molecule has 1 aliphatic rings. The smallest absolute Gasteiger partial charge is 0.303 e. The summed E-state index contributed by atoms with van der Waals surface area (Å²) in [4.78, 5) is 47.3. The molecule has 0 bridgehead atoms. The number of nitrogens with one attached hydrogen (secondary N) is 1. The highest BCUT2D eigenvalue weighted by Crippen LogP contribution is 2.35. The zero-order valence-electron chi connectivity index (χ0n) is 18.4. The molecule has 1 aromatic carbocycles. The van der Waals surface area contributed by atoms with Gasteiger partial charge in [0.05, 0.1) is 5.52 Å². The molecule has 2 aromatic rings. The van der Waals surface area contributed by atoms with Gasteiger partial charge >= 0.3 is 17.9 Å². The topological polar surface area (TPSA) is 135 Å². The van der Waals surface area contributed by atoms with Gasteiger partial charge in [0, 0.05) is 33.1 Å². The summed E-state index contributed by atoms with van der Waals surface area (Å²) in [6, 6.07) is 6.05. The number of ether oxygens (including phenoxy) is 4. The van der Waals surface area contributed by atoms with Crippen LogP contribution in [0, 0.1) is 0 Å². The lowest BCUT2D eigenvalue weighted by Gasteiger charge is -2.45. The molecule has 0 saturated carbocycles. The van der Waals surface area contributed by atoms with E-state index in [1.54, 1.807) is 24.3 Å². The van der Waals surface area contributed by atoms with Crippen molar-refractivity contribution in [1.82, 2.24) is 15.1 Å². The molecule has 1 fully saturated rings. The minimum absolute atomic E-state index is 0.193. The summed E-state index contributed by atoms with van der Waals surface area (Å²) in [6.45, 7) is 4.55. The first-order chi connectivity index (χ1) is 15.6. The van der Waals surface area contributed by atoms with E-state index in [0.717, 1.165) is 0 Å². The van der Waals surface area contributed by atoms with Gasteiger partial charge in [0.2, 0.25) is 5.91 Å². The molecule has 3 rings (SSSR count). The molecule has 0 unspecified atom stereocenters. The van der Waals surface area contributed by atoms with Crippen LogP contribution in [0.1, 0.15) is 33.9 Å². The molecular formula is C21H24ClN3O8. The second kappa shape index (κ2) is 10.2. The van der Waals surface area contributed by atoms with Crippen LogP contribution in [0.4, 0.5) is 0 Å². The molecule has 1 N–H and O–H groups in total. The Balaban J connectivity index is 2.14. The van der Waals surface area contributed by atoms with Gasteiger partial charge in [-0.15, -0.1) is 0 Å². The van der Waals surface area contributed by atoms with Gasteiger partial charge in [0.15, 0.2) is 23.6 Å². The summed E-state index contributed by atoms with van der Waals surface area (Å²) in [7, 11) is 0. The molecule has 1 aromatic heterocycles. The van der Waals surface area contributed by atoms with E-state index < -0.39 is 54.4 Å². The Kier molecular flexibility index (Phi) is 7.54. The zero-order chi connectivity index (χ0) is 24.3. The monoisotopic (exact) mass is 481 g/mol. The van der Waals surface area contributed by atoms with Crippen LogP contribution in [-0.2, 0) is 38.1 Å². The lowest BCUT2D eigenvalue weighted by Crippen LogP contribution is -2.64. The molecule has 1 saturated heterocycles. The van der Waals surface area contributed by atoms with Gasteiger partial charge in [-0.25, -0.2) is 4.68 Å². The Morgan fingerprint density at radius 1 is 1.03 bits per heavy atom. The molecule has 5 atom stereocenters. The van der Waals surface area contributed by atoms with Crippen LogP contribution < -0.4 is 5.32 Å². The van der Waals surface area contributed by atoms with E-state index >= 15 is 0 Å². The van der Waals surface area contributed by atoms with Crippen LogP contribution >= 0.6 is 11.6 Å². The second-order valence-electron chi connectivity index (χ2n) is 7.49. The van der Waals surface area contributed by atoms with Crippen LogP contribution in [0.25, 0.3) is 10.9 Å². The number of para-hydroxylation sites is 1. The SMILES string of the molecule is CC(=O)N[C@@H]1[C@@H](OC(C)=O)[C@H](OC(C)=O)[C@@H](COC(C)=O)O[C@@H]1n1nc(Cl)c2ccccc21. The number of halogens is 1. The molecule has 12 heteroatoms. The summed E-state index contributed by atoms with van der Waals surface area (Å²) in [5, 5.41) is 7.88. The molecule has 0 spiro atoms. The lowest BCUT2D eigenvalue weighted by molar-refractivity contribution is -0.238. The molecule has 1 amide bonds. The van der Waals surface area contributed by atoms with E-state index in [0.29, 0.717) is 10.9 Å². The van der Waals surface area contributed by atoms with Gasteiger partial charge in [-0.3, -0.25) is 19.2 Å². The number of nitrogens with zero attached hydrogens (tertiary/aromatic N) is 2. The second-order valence-corrected chi connectivity index (χ2v) is 7.85. The van der Waals surface area contributed by atoms with Crippen molar-refractivity contribution < 1.29 is 38.1 Å². The van der Waals surface area contributed by atoms with E-state index in [9.17, 15) is 19.2 Å². The minimum Gasteiger partial charge on any atom is -0.463 e. The van der Waals surface area contributed by atoms with Gasteiger partial charge in [-0.1, -0.05) is 23.7 Å². The van der Waals surface area contributed by atoms with E-state index in [-0.39, 0.29) is 11.8 Å². The van der Waals surface area contributed by atoms with Gasteiger partial charge in [-0.05, 0) is 12.1 Å². The van der Waals surface area contributed by atoms with Crippen LogP contribution in [-0.4, -0.2) is 64.6 Å². The normalized spacial score (nSPS) is 24.7. The Hall–Kier alpha value is -3.18. The summed E-state index contributed by atoms with van der Waals surface area (Å²) >= 11 is 6.31. The largest absolute Gasteiger partial charge is 0.463 e. The number of rotatable bonds is 6. The van der Waals surface area contributed by atoms with Crippen molar-refractivity contribution in [3.05, 3.63) is 29.4 Å². The summed E-state index contributed by atoms with van der Waals surface area (Å²) in [5.74, 6) is -2.39. The number of esters is 3. The van der Waals surface area contributed by atoms with Crippen LogP contribution in [0.2, 0.25) is 5.15 Å². The van der Waals surface area contributed by atoms with E-state index in [4.69, 9.17) is 30.5 Å². The third-order valence-electron chi connectivity index (χ3n) is 4.90. The molecule has 33 heavy (non-hydrogen) atoms. The Bertz CT molecular complexity index is 1070. The number of carbonyl (C=O) groups excluding carboxylic acids is 4. The number of aromatic nitrogens is 2. The van der Waals surface area contributed by atoms with Crippen molar-refractivity contribution >= 4 is 46.3 Å². The average Bonchev–Trinajstić information content (AvgIpc) is 3.05. The Morgan fingerprint density at radius 2 is 1.67 bits per heavy atom. The van der Waals surface area contributed by atoms with Crippen molar-refractivity contribution in [2.45, 2.75) is 58.3 Å². The molecule has 178 valence electrons. The zero-order valence-corrected chi connectivity index (χ0v) is 19.2. The first kappa shape index (κ1) is 24.5. The summed E-state index contributed by atoms with van der Waals surface area (Å²) < 4.78 is 23.6. The Labute approximate surface area is 194 Å². The van der Waals surface area contributed by atoms with E-state index in [1.165, 1.54) is 32.4 Å². The third kappa shape index (κ3) is 5.60. The highest BCUT2D eigenvalue weighted by Gasteiger charge is 2.52. The van der Waals surface area contributed by atoms with Crippen LogP contribution in [0.15, 0.2) is 24.3 Å².